The van der Waals surface area contributed by atoms with Crippen LogP contribution in [0, 0.1) is 16.0 Å². The first-order chi connectivity index (χ1) is 9.54. The van der Waals surface area contributed by atoms with Crippen LogP contribution in [0.15, 0.2) is 28.0 Å². The zero-order valence-electron chi connectivity index (χ0n) is 11.6. The first-order valence-corrected chi connectivity index (χ1v) is 8.69. The quantitative estimate of drug-likeness (QED) is 0.482. The lowest BCUT2D eigenvalue weighted by atomic mass is 10.1. The highest BCUT2D eigenvalue weighted by Gasteiger charge is 2.27. The second kappa shape index (κ2) is 6.44. The Bertz CT molecular complexity index is 668. The van der Waals surface area contributed by atoms with Crippen LogP contribution in [-0.2, 0) is 14.6 Å². The second-order valence-corrected chi connectivity index (χ2v) is 7.98. The van der Waals surface area contributed by atoms with Crippen LogP contribution in [0.1, 0.15) is 13.8 Å². The molecule has 0 radical (unpaired) electrons. The van der Waals surface area contributed by atoms with Crippen LogP contribution in [0.5, 0.6) is 0 Å². The first kappa shape index (κ1) is 17.4. The maximum absolute atomic E-state index is 11.4. The zero-order chi connectivity index (χ0) is 16.4. The van der Waals surface area contributed by atoms with Gasteiger partial charge in [0.25, 0.3) is 5.69 Å². The fourth-order valence-electron chi connectivity index (χ4n) is 1.58. The van der Waals surface area contributed by atoms with E-state index in [-0.39, 0.29) is 15.7 Å². The lowest BCUT2D eigenvalue weighted by Gasteiger charge is -2.15. The molecule has 9 heteroatoms. The standard InChI is InChI=1S/C12H15NO6S2/c1-7(2)11(12(14)15)20-10-5-4-8(21(3,18)19)6-9(10)13(16)17/h4-7,11H,1-3H3,(H,14,15). The molecule has 21 heavy (non-hydrogen) atoms. The zero-order valence-corrected chi connectivity index (χ0v) is 13.3. The number of nitrogens with zero attached hydrogens (tertiary/aromatic N) is 1. The maximum atomic E-state index is 11.4. The monoisotopic (exact) mass is 333 g/mol. The molecule has 0 aliphatic heterocycles. The van der Waals surface area contributed by atoms with Gasteiger partial charge in [-0.15, -0.1) is 11.8 Å². The SMILES string of the molecule is CC(C)C(Sc1ccc(S(C)(=O)=O)cc1[N+](=O)[O-])C(=O)O. The molecule has 1 atom stereocenters. The van der Waals surface area contributed by atoms with Crippen molar-refractivity contribution in [2.75, 3.05) is 6.26 Å². The van der Waals surface area contributed by atoms with E-state index in [0.29, 0.717) is 0 Å². The molecular formula is C12H15NO6S2. The summed E-state index contributed by atoms with van der Waals surface area (Å²) >= 11 is 0.843. The van der Waals surface area contributed by atoms with E-state index in [1.54, 1.807) is 13.8 Å². The normalized spacial score (nSPS) is 13.1. The average Bonchev–Trinajstić information content (AvgIpc) is 2.33. The summed E-state index contributed by atoms with van der Waals surface area (Å²) in [5, 5.41) is 19.3. The number of carboxylic acid groups (broad SMARTS) is 1. The Morgan fingerprint density at radius 1 is 1.38 bits per heavy atom. The summed E-state index contributed by atoms with van der Waals surface area (Å²) in [6.45, 7) is 3.39. The van der Waals surface area contributed by atoms with Crippen molar-refractivity contribution in [2.24, 2.45) is 5.92 Å². The van der Waals surface area contributed by atoms with Crippen molar-refractivity contribution in [2.45, 2.75) is 28.9 Å². The highest BCUT2D eigenvalue weighted by atomic mass is 32.2. The molecular weight excluding hydrogens is 318 g/mol. The number of sulfone groups is 1. The molecule has 0 spiro atoms. The van der Waals surface area contributed by atoms with Gasteiger partial charge >= 0.3 is 5.97 Å². The molecule has 1 aromatic carbocycles. The van der Waals surface area contributed by atoms with Crippen molar-refractivity contribution in [1.82, 2.24) is 0 Å². The van der Waals surface area contributed by atoms with Gasteiger partial charge in [-0.25, -0.2) is 8.42 Å². The summed E-state index contributed by atoms with van der Waals surface area (Å²) < 4.78 is 22.9. The molecule has 0 aromatic heterocycles. The van der Waals surface area contributed by atoms with E-state index < -0.39 is 31.7 Å². The molecule has 0 fully saturated rings. The topological polar surface area (TPSA) is 115 Å². The number of rotatable bonds is 6. The number of hydrogen-bond acceptors (Lipinski definition) is 6. The van der Waals surface area contributed by atoms with Gasteiger partial charge < -0.3 is 5.11 Å². The van der Waals surface area contributed by atoms with E-state index in [0.717, 1.165) is 24.1 Å². The van der Waals surface area contributed by atoms with Crippen molar-refractivity contribution in [3.05, 3.63) is 28.3 Å². The van der Waals surface area contributed by atoms with Gasteiger partial charge in [-0.2, -0.15) is 0 Å². The largest absolute Gasteiger partial charge is 0.480 e. The van der Waals surface area contributed by atoms with Crippen LogP contribution in [-0.4, -0.2) is 35.9 Å². The van der Waals surface area contributed by atoms with Crippen LogP contribution in [0.2, 0.25) is 0 Å². The van der Waals surface area contributed by atoms with Crippen LogP contribution < -0.4 is 0 Å². The van der Waals surface area contributed by atoms with E-state index in [2.05, 4.69) is 0 Å². The van der Waals surface area contributed by atoms with Crippen LogP contribution in [0.4, 0.5) is 5.69 Å². The van der Waals surface area contributed by atoms with Crippen molar-refractivity contribution in [3.63, 3.8) is 0 Å². The Hall–Kier alpha value is -1.61. The summed E-state index contributed by atoms with van der Waals surface area (Å²) in [4.78, 5) is 21.5. The Morgan fingerprint density at radius 2 is 1.95 bits per heavy atom. The van der Waals surface area contributed by atoms with Gasteiger partial charge in [0.05, 0.1) is 14.7 Å². The lowest BCUT2D eigenvalue weighted by molar-refractivity contribution is -0.388. The van der Waals surface area contributed by atoms with Crippen molar-refractivity contribution >= 4 is 33.3 Å². The molecule has 1 rings (SSSR count). The van der Waals surface area contributed by atoms with Crippen LogP contribution >= 0.6 is 11.8 Å². The minimum atomic E-state index is -3.57. The van der Waals surface area contributed by atoms with E-state index in [1.807, 2.05) is 0 Å². The van der Waals surface area contributed by atoms with Gasteiger partial charge in [0.15, 0.2) is 9.84 Å². The van der Waals surface area contributed by atoms with E-state index in [1.165, 1.54) is 12.1 Å². The number of carboxylic acids is 1. The molecule has 116 valence electrons. The summed E-state index contributed by atoms with van der Waals surface area (Å²) in [5.41, 5.74) is -0.408. The number of thioether (sulfide) groups is 1. The molecule has 0 bridgehead atoms. The van der Waals surface area contributed by atoms with Gasteiger partial charge in [-0.1, -0.05) is 13.8 Å². The highest BCUT2D eigenvalue weighted by molar-refractivity contribution is 8.00. The minimum Gasteiger partial charge on any atom is -0.480 e. The molecule has 7 nitrogen and oxygen atoms in total. The van der Waals surface area contributed by atoms with Gasteiger partial charge in [0.2, 0.25) is 0 Å². The second-order valence-electron chi connectivity index (χ2n) is 4.78. The molecule has 0 amide bonds. The van der Waals surface area contributed by atoms with E-state index in [4.69, 9.17) is 5.11 Å². The van der Waals surface area contributed by atoms with Crippen molar-refractivity contribution < 1.29 is 23.2 Å². The maximum Gasteiger partial charge on any atom is 0.317 e. The van der Waals surface area contributed by atoms with Gasteiger partial charge in [-0.05, 0) is 18.1 Å². The minimum absolute atomic E-state index is 0.133. The summed E-state index contributed by atoms with van der Waals surface area (Å²) in [7, 11) is -3.57. The number of nitro groups is 1. The Labute approximate surface area is 126 Å². The van der Waals surface area contributed by atoms with Crippen LogP contribution in [0.25, 0.3) is 0 Å². The molecule has 0 saturated carbocycles. The predicted octanol–water partition coefficient (Wildman–Crippen LogP) is 2.20. The number of benzene rings is 1. The molecule has 1 aromatic rings. The number of carbonyl (C=O) groups is 1. The lowest BCUT2D eigenvalue weighted by Crippen LogP contribution is -2.22. The third-order valence-corrected chi connectivity index (χ3v) is 5.37. The average molecular weight is 333 g/mol. The fourth-order valence-corrected chi connectivity index (χ4v) is 3.27. The Kier molecular flexibility index (Phi) is 5.35. The first-order valence-electron chi connectivity index (χ1n) is 5.92. The fraction of sp³-hybridized carbons (Fsp3) is 0.417. The van der Waals surface area contributed by atoms with Crippen LogP contribution in [0.3, 0.4) is 0 Å². The molecule has 0 aliphatic rings. The van der Waals surface area contributed by atoms with Gasteiger partial charge in [0.1, 0.15) is 5.25 Å². The summed E-state index contributed by atoms with van der Waals surface area (Å²) in [6.07, 6.45) is 0.951. The molecule has 1 unspecified atom stereocenters. The number of aliphatic carboxylic acids is 1. The van der Waals surface area contributed by atoms with Crippen molar-refractivity contribution in [1.29, 1.82) is 0 Å². The molecule has 1 N–H and O–H groups in total. The predicted molar refractivity (Wildman–Crippen MR) is 78.3 cm³/mol. The molecule has 0 saturated heterocycles. The third-order valence-electron chi connectivity index (χ3n) is 2.66. The Morgan fingerprint density at radius 3 is 2.33 bits per heavy atom. The van der Waals surface area contributed by atoms with Crippen molar-refractivity contribution in [3.8, 4) is 0 Å². The third kappa shape index (κ3) is 4.43. The summed E-state index contributed by atoms with van der Waals surface area (Å²) in [6, 6.07) is 3.47. The Balaban J connectivity index is 3.31. The van der Waals surface area contributed by atoms with E-state index in [9.17, 15) is 23.3 Å². The smallest absolute Gasteiger partial charge is 0.317 e. The summed E-state index contributed by atoms with van der Waals surface area (Å²) in [5.74, 6) is -1.31. The van der Waals surface area contributed by atoms with E-state index >= 15 is 0 Å². The number of nitro benzene ring substituents is 1. The molecule has 0 aliphatic carbocycles. The molecule has 0 heterocycles. The van der Waals surface area contributed by atoms with Gasteiger partial charge in [0, 0.05) is 12.3 Å². The van der Waals surface area contributed by atoms with Gasteiger partial charge in [-0.3, -0.25) is 14.9 Å². The number of hydrogen-bond donors (Lipinski definition) is 1. The highest BCUT2D eigenvalue weighted by Crippen LogP contribution is 2.36.